The van der Waals surface area contributed by atoms with Gasteiger partial charge in [0.1, 0.15) is 5.82 Å². The SMILES string of the molecule is CCCCCCC(C(=O)c1cc(F)cc(Br)c1)c1noc(N(C)CC)n1. The summed E-state index contributed by atoms with van der Waals surface area (Å²) in [4.78, 5) is 19.2. The van der Waals surface area contributed by atoms with Crippen molar-refractivity contribution in [1.82, 2.24) is 10.1 Å². The summed E-state index contributed by atoms with van der Waals surface area (Å²) in [6.45, 7) is 4.83. The van der Waals surface area contributed by atoms with E-state index in [4.69, 9.17) is 4.52 Å². The van der Waals surface area contributed by atoms with Crippen molar-refractivity contribution in [3.05, 3.63) is 39.9 Å². The van der Waals surface area contributed by atoms with Crippen LogP contribution in [0.3, 0.4) is 0 Å². The van der Waals surface area contributed by atoms with Gasteiger partial charge in [-0.2, -0.15) is 4.98 Å². The Morgan fingerprint density at radius 2 is 2.04 bits per heavy atom. The van der Waals surface area contributed by atoms with Crippen molar-refractivity contribution in [2.45, 2.75) is 51.9 Å². The van der Waals surface area contributed by atoms with Crippen molar-refractivity contribution in [2.24, 2.45) is 0 Å². The average molecular weight is 426 g/mol. The zero-order valence-electron chi connectivity index (χ0n) is 15.5. The number of halogens is 2. The van der Waals surface area contributed by atoms with Gasteiger partial charge in [-0.15, -0.1) is 0 Å². The molecule has 0 aliphatic carbocycles. The van der Waals surface area contributed by atoms with E-state index < -0.39 is 11.7 Å². The molecule has 0 amide bonds. The van der Waals surface area contributed by atoms with Gasteiger partial charge in [0.25, 0.3) is 0 Å². The van der Waals surface area contributed by atoms with Crippen molar-refractivity contribution >= 4 is 27.7 Å². The lowest BCUT2D eigenvalue weighted by atomic mass is 9.91. The summed E-state index contributed by atoms with van der Waals surface area (Å²) in [5.74, 6) is -0.814. The van der Waals surface area contributed by atoms with Crippen LogP contribution < -0.4 is 4.90 Å². The number of benzene rings is 1. The molecule has 0 saturated heterocycles. The number of hydrogen-bond acceptors (Lipinski definition) is 5. The normalized spacial score (nSPS) is 12.2. The zero-order chi connectivity index (χ0) is 19.1. The summed E-state index contributed by atoms with van der Waals surface area (Å²) in [6, 6.07) is 4.60. The van der Waals surface area contributed by atoms with E-state index in [1.165, 1.54) is 12.1 Å². The molecule has 142 valence electrons. The largest absolute Gasteiger partial charge is 0.328 e. The minimum atomic E-state index is -0.539. The van der Waals surface area contributed by atoms with E-state index in [1.807, 2.05) is 18.9 Å². The van der Waals surface area contributed by atoms with Gasteiger partial charge in [-0.3, -0.25) is 4.79 Å². The Balaban J connectivity index is 2.27. The molecule has 1 atom stereocenters. The van der Waals surface area contributed by atoms with Gasteiger partial charge in [0.05, 0.1) is 5.92 Å². The Labute approximate surface area is 162 Å². The van der Waals surface area contributed by atoms with Crippen molar-refractivity contribution in [1.29, 1.82) is 0 Å². The lowest BCUT2D eigenvalue weighted by Gasteiger charge is -2.13. The highest BCUT2D eigenvalue weighted by Crippen LogP contribution is 2.28. The van der Waals surface area contributed by atoms with Crippen molar-refractivity contribution in [3.63, 3.8) is 0 Å². The van der Waals surface area contributed by atoms with Crippen LogP contribution in [0.15, 0.2) is 27.2 Å². The lowest BCUT2D eigenvalue weighted by molar-refractivity contribution is 0.0948. The number of ketones is 1. The molecule has 2 rings (SSSR count). The summed E-state index contributed by atoms with van der Waals surface area (Å²) in [7, 11) is 1.85. The molecule has 5 nitrogen and oxygen atoms in total. The fourth-order valence-corrected chi connectivity index (χ4v) is 3.17. The molecule has 0 spiro atoms. The number of hydrogen-bond donors (Lipinski definition) is 0. The van der Waals surface area contributed by atoms with Crippen molar-refractivity contribution < 1.29 is 13.7 Å². The molecule has 0 saturated carbocycles. The molecule has 0 fully saturated rings. The Bertz CT molecular complexity index is 715. The molecule has 0 radical (unpaired) electrons. The molecule has 2 aromatic rings. The van der Waals surface area contributed by atoms with Crippen LogP contribution in [-0.4, -0.2) is 29.5 Å². The molecular weight excluding hydrogens is 401 g/mol. The first-order valence-electron chi connectivity index (χ1n) is 9.01. The van der Waals surface area contributed by atoms with Crippen molar-refractivity contribution in [2.75, 3.05) is 18.5 Å². The second-order valence-corrected chi connectivity index (χ2v) is 7.29. The monoisotopic (exact) mass is 425 g/mol. The molecule has 1 aromatic heterocycles. The first-order valence-corrected chi connectivity index (χ1v) is 9.80. The first-order chi connectivity index (χ1) is 12.5. The maximum atomic E-state index is 13.7. The predicted molar refractivity (Wildman–Crippen MR) is 103 cm³/mol. The number of aromatic nitrogens is 2. The Kier molecular flexibility index (Phi) is 7.75. The maximum Gasteiger partial charge on any atom is 0.323 e. The number of anilines is 1. The number of nitrogens with zero attached hydrogens (tertiary/aromatic N) is 3. The van der Waals surface area contributed by atoms with Crippen LogP contribution in [0.25, 0.3) is 0 Å². The third-order valence-corrected chi connectivity index (χ3v) is 4.81. The summed E-state index contributed by atoms with van der Waals surface area (Å²) >= 11 is 3.24. The van der Waals surface area contributed by atoms with Gasteiger partial charge in [0.2, 0.25) is 0 Å². The standard InChI is InChI=1S/C19H25BrFN3O2/c1-4-6-7-8-9-16(18-22-19(26-23-18)24(3)5-2)17(25)13-10-14(20)12-15(21)11-13/h10-12,16H,4-9H2,1-3H3. The molecule has 26 heavy (non-hydrogen) atoms. The van der Waals surface area contributed by atoms with Crippen LogP contribution in [0.2, 0.25) is 0 Å². The number of carbonyl (C=O) groups is 1. The summed E-state index contributed by atoms with van der Waals surface area (Å²) in [5, 5.41) is 4.02. The van der Waals surface area contributed by atoms with Crippen molar-refractivity contribution in [3.8, 4) is 0 Å². The molecule has 0 bridgehead atoms. The van der Waals surface area contributed by atoms with Gasteiger partial charge >= 0.3 is 6.01 Å². The number of unbranched alkanes of at least 4 members (excludes halogenated alkanes) is 3. The fourth-order valence-electron chi connectivity index (χ4n) is 2.71. The quantitative estimate of drug-likeness (QED) is 0.378. The van der Waals surface area contributed by atoms with E-state index in [0.29, 0.717) is 34.8 Å². The molecule has 1 heterocycles. The topological polar surface area (TPSA) is 59.2 Å². The Morgan fingerprint density at radius 1 is 1.27 bits per heavy atom. The molecule has 7 heteroatoms. The van der Waals surface area contributed by atoms with Crippen LogP contribution in [0.4, 0.5) is 10.4 Å². The Morgan fingerprint density at radius 3 is 2.69 bits per heavy atom. The third kappa shape index (κ3) is 5.37. The van der Waals surface area contributed by atoms with E-state index in [-0.39, 0.29) is 5.78 Å². The summed E-state index contributed by atoms with van der Waals surface area (Å²) in [6.07, 6.45) is 4.76. The van der Waals surface area contributed by atoms with E-state index in [1.54, 1.807) is 6.07 Å². The molecular formula is C19H25BrFN3O2. The number of rotatable bonds is 10. The number of Topliss-reactive ketones (excluding diaryl/α,β-unsaturated/α-hetero) is 1. The molecule has 0 N–H and O–H groups in total. The maximum absolute atomic E-state index is 13.7. The van der Waals surface area contributed by atoms with Gasteiger partial charge in [-0.25, -0.2) is 4.39 Å². The summed E-state index contributed by atoms with van der Waals surface area (Å²) < 4.78 is 19.5. The van der Waals surface area contributed by atoms with E-state index >= 15 is 0 Å². The highest BCUT2D eigenvalue weighted by molar-refractivity contribution is 9.10. The third-order valence-electron chi connectivity index (χ3n) is 4.35. The van der Waals surface area contributed by atoms with Gasteiger partial charge < -0.3 is 9.42 Å². The predicted octanol–water partition coefficient (Wildman–Crippen LogP) is 5.36. The second kappa shape index (κ2) is 9.80. The van der Waals surface area contributed by atoms with Gasteiger partial charge in [0, 0.05) is 23.6 Å². The minimum absolute atomic E-state index is 0.187. The van der Waals surface area contributed by atoms with E-state index in [9.17, 15) is 9.18 Å². The van der Waals surface area contributed by atoms with Crippen LogP contribution in [0, 0.1) is 5.82 Å². The highest BCUT2D eigenvalue weighted by atomic mass is 79.9. The Hall–Kier alpha value is -1.76. The zero-order valence-corrected chi connectivity index (χ0v) is 17.1. The highest BCUT2D eigenvalue weighted by Gasteiger charge is 2.28. The average Bonchev–Trinajstić information content (AvgIpc) is 3.09. The summed E-state index contributed by atoms with van der Waals surface area (Å²) in [5.41, 5.74) is 0.313. The fraction of sp³-hybridized carbons (Fsp3) is 0.526. The molecule has 1 unspecified atom stereocenters. The number of carbonyl (C=O) groups excluding carboxylic acids is 1. The molecule has 0 aliphatic rings. The lowest BCUT2D eigenvalue weighted by Crippen LogP contribution is -2.17. The second-order valence-electron chi connectivity index (χ2n) is 6.37. The van der Waals surface area contributed by atoms with Crippen LogP contribution in [-0.2, 0) is 0 Å². The van der Waals surface area contributed by atoms with Crippen LogP contribution >= 0.6 is 15.9 Å². The first kappa shape index (κ1) is 20.6. The van der Waals surface area contributed by atoms with Gasteiger partial charge in [-0.1, -0.05) is 53.7 Å². The smallest absolute Gasteiger partial charge is 0.323 e. The van der Waals surface area contributed by atoms with E-state index in [0.717, 1.165) is 25.7 Å². The van der Waals surface area contributed by atoms with E-state index in [2.05, 4.69) is 33.0 Å². The van der Waals surface area contributed by atoms with Crippen LogP contribution in [0.1, 0.15) is 68.1 Å². The van der Waals surface area contributed by atoms with Gasteiger partial charge in [0.15, 0.2) is 11.6 Å². The molecule has 0 aliphatic heterocycles. The molecule has 1 aromatic carbocycles. The minimum Gasteiger partial charge on any atom is -0.328 e. The van der Waals surface area contributed by atoms with Gasteiger partial charge in [-0.05, 0) is 31.5 Å². The van der Waals surface area contributed by atoms with Crippen LogP contribution in [0.5, 0.6) is 0 Å².